The molecule has 38 heavy (non-hydrogen) atoms. The van der Waals surface area contributed by atoms with Crippen LogP contribution in [0, 0.1) is 6.92 Å². The van der Waals surface area contributed by atoms with Crippen LogP contribution in [0.4, 0.5) is 18.9 Å². The van der Waals surface area contributed by atoms with Gasteiger partial charge in [0.2, 0.25) is 0 Å². The van der Waals surface area contributed by atoms with Crippen molar-refractivity contribution in [3.8, 4) is 5.69 Å². The summed E-state index contributed by atoms with van der Waals surface area (Å²) < 4.78 is 39.9. The lowest BCUT2D eigenvalue weighted by Gasteiger charge is -2.15. The number of alkyl halides is 3. The van der Waals surface area contributed by atoms with Crippen molar-refractivity contribution in [3.05, 3.63) is 94.2 Å². The van der Waals surface area contributed by atoms with Gasteiger partial charge in [-0.05, 0) is 55.0 Å². The molecule has 0 radical (unpaired) electrons. The van der Waals surface area contributed by atoms with Crippen LogP contribution in [0.2, 0.25) is 5.02 Å². The molecule has 2 amide bonds. The van der Waals surface area contributed by atoms with E-state index in [1.807, 2.05) is 0 Å². The number of para-hydroxylation sites is 1. The number of carbonyl (C=O) groups is 2. The first-order valence-corrected chi connectivity index (χ1v) is 11.4. The molecule has 2 heterocycles. The molecule has 0 fully saturated rings. The molecule has 10 nitrogen and oxygen atoms in total. The monoisotopic (exact) mass is 544 g/mol. The van der Waals surface area contributed by atoms with Crippen LogP contribution in [0.25, 0.3) is 5.69 Å². The Bertz CT molecular complexity index is 1530. The number of hydrogen-bond acceptors (Lipinski definition) is 6. The molecule has 0 aliphatic rings. The minimum Gasteiger partial charge on any atom is -0.327 e. The first kappa shape index (κ1) is 26.5. The van der Waals surface area contributed by atoms with Crippen molar-refractivity contribution in [2.24, 2.45) is 0 Å². The number of tetrazole rings is 1. The molecule has 0 saturated heterocycles. The van der Waals surface area contributed by atoms with Gasteiger partial charge in [0.15, 0.2) is 0 Å². The van der Waals surface area contributed by atoms with Crippen LogP contribution >= 0.6 is 11.6 Å². The summed E-state index contributed by atoms with van der Waals surface area (Å²) in [5, 5.41) is 19.8. The number of carbonyl (C=O) groups excluding carboxylic acids is 2. The van der Waals surface area contributed by atoms with Crippen LogP contribution in [-0.4, -0.2) is 41.8 Å². The average molecular weight is 545 g/mol. The molecule has 4 aromatic rings. The number of aromatic nitrogens is 6. The van der Waals surface area contributed by atoms with E-state index in [0.717, 1.165) is 4.80 Å². The second kappa shape index (κ2) is 10.5. The lowest BCUT2D eigenvalue weighted by molar-refractivity contribution is -0.145. The van der Waals surface area contributed by atoms with E-state index >= 15 is 0 Å². The fourth-order valence-corrected chi connectivity index (χ4v) is 3.80. The Balaban J connectivity index is 1.71. The lowest BCUT2D eigenvalue weighted by atomic mass is 10.1. The van der Waals surface area contributed by atoms with Gasteiger partial charge in [-0.3, -0.25) is 9.59 Å². The van der Waals surface area contributed by atoms with Crippen LogP contribution < -0.4 is 10.6 Å². The maximum atomic E-state index is 13.5. The number of hydrogen-bond donors (Lipinski definition) is 2. The number of nitrogens with one attached hydrogen (secondary N) is 2. The zero-order valence-corrected chi connectivity index (χ0v) is 20.8. The SMILES string of the molecule is C=C(C)NC(=O)c1cc(Cl)cc(C)c1NC(=O)c1cc(Cn2nnc(C(F)(F)F)n2)nn1-c1ccccc1. The van der Waals surface area contributed by atoms with Crippen molar-refractivity contribution >= 4 is 29.1 Å². The molecule has 0 aliphatic carbocycles. The smallest absolute Gasteiger partial charge is 0.327 e. The zero-order valence-electron chi connectivity index (χ0n) is 20.0. The number of amides is 2. The van der Waals surface area contributed by atoms with Crippen LogP contribution in [-0.2, 0) is 12.7 Å². The number of anilines is 1. The number of allylic oxidation sites excluding steroid dienone is 1. The highest BCUT2D eigenvalue weighted by Crippen LogP contribution is 2.27. The third-order valence-electron chi connectivity index (χ3n) is 5.11. The first-order valence-electron chi connectivity index (χ1n) is 11.0. The van der Waals surface area contributed by atoms with Gasteiger partial charge in [-0.15, -0.1) is 10.2 Å². The third-order valence-corrected chi connectivity index (χ3v) is 5.33. The molecule has 0 unspecified atom stereocenters. The summed E-state index contributed by atoms with van der Waals surface area (Å²) in [4.78, 5) is 27.0. The largest absolute Gasteiger partial charge is 0.455 e. The Kier molecular flexibility index (Phi) is 7.30. The molecule has 2 aromatic heterocycles. The molecule has 2 aromatic carbocycles. The summed E-state index contributed by atoms with van der Waals surface area (Å²) in [7, 11) is 0. The van der Waals surface area contributed by atoms with Crippen molar-refractivity contribution in [2.75, 3.05) is 5.32 Å². The minimum absolute atomic E-state index is 0.0444. The Morgan fingerprint density at radius 3 is 2.42 bits per heavy atom. The molecule has 0 saturated carbocycles. The average Bonchev–Trinajstić information content (AvgIpc) is 3.48. The van der Waals surface area contributed by atoms with Crippen LogP contribution in [0.1, 0.15) is 44.9 Å². The van der Waals surface area contributed by atoms with Crippen molar-refractivity contribution in [3.63, 3.8) is 0 Å². The van der Waals surface area contributed by atoms with E-state index in [1.165, 1.54) is 16.8 Å². The quantitative estimate of drug-likeness (QED) is 0.356. The summed E-state index contributed by atoms with van der Waals surface area (Å²) in [6, 6.07) is 13.0. The van der Waals surface area contributed by atoms with E-state index in [0.29, 0.717) is 22.0 Å². The minimum atomic E-state index is -4.75. The van der Waals surface area contributed by atoms with E-state index in [9.17, 15) is 22.8 Å². The summed E-state index contributed by atoms with van der Waals surface area (Å²) >= 11 is 6.15. The summed E-state index contributed by atoms with van der Waals surface area (Å²) in [6.45, 7) is 6.66. The van der Waals surface area contributed by atoms with Crippen LogP contribution in [0.3, 0.4) is 0 Å². The Hall–Kier alpha value is -4.52. The van der Waals surface area contributed by atoms with Gasteiger partial charge >= 0.3 is 6.18 Å². The second-order valence-electron chi connectivity index (χ2n) is 8.24. The van der Waals surface area contributed by atoms with Gasteiger partial charge in [0.05, 0.1) is 22.6 Å². The summed E-state index contributed by atoms with van der Waals surface area (Å²) in [6.07, 6.45) is -4.75. The maximum absolute atomic E-state index is 13.5. The number of halogens is 4. The summed E-state index contributed by atoms with van der Waals surface area (Å²) in [5.74, 6) is -2.55. The topological polar surface area (TPSA) is 120 Å². The molecule has 14 heteroatoms. The van der Waals surface area contributed by atoms with Crippen molar-refractivity contribution in [1.82, 2.24) is 35.3 Å². The van der Waals surface area contributed by atoms with Gasteiger partial charge < -0.3 is 10.6 Å². The molecule has 0 bridgehead atoms. The first-order chi connectivity index (χ1) is 17.9. The highest BCUT2D eigenvalue weighted by atomic mass is 35.5. The maximum Gasteiger partial charge on any atom is 0.455 e. The Labute approximate surface area is 219 Å². The van der Waals surface area contributed by atoms with Gasteiger partial charge in [0, 0.05) is 10.7 Å². The zero-order chi connectivity index (χ0) is 27.6. The van der Waals surface area contributed by atoms with Gasteiger partial charge in [0.25, 0.3) is 17.6 Å². The predicted molar refractivity (Wildman–Crippen MR) is 132 cm³/mol. The lowest BCUT2D eigenvalue weighted by Crippen LogP contribution is -2.24. The Morgan fingerprint density at radius 2 is 1.79 bits per heavy atom. The molecule has 0 atom stereocenters. The normalized spacial score (nSPS) is 11.3. The molecule has 4 rings (SSSR count). The fraction of sp³-hybridized carbons (Fsp3) is 0.167. The van der Waals surface area contributed by atoms with E-state index in [1.54, 1.807) is 50.2 Å². The van der Waals surface area contributed by atoms with Crippen LogP contribution in [0.5, 0.6) is 0 Å². The van der Waals surface area contributed by atoms with Crippen molar-refractivity contribution in [1.29, 1.82) is 0 Å². The highest BCUT2D eigenvalue weighted by Gasteiger charge is 2.37. The van der Waals surface area contributed by atoms with Gasteiger partial charge in [0.1, 0.15) is 12.2 Å². The second-order valence-corrected chi connectivity index (χ2v) is 8.68. The number of benzene rings is 2. The van der Waals surface area contributed by atoms with Crippen LogP contribution in [0.15, 0.2) is 60.8 Å². The number of aryl methyl sites for hydroxylation is 1. The van der Waals surface area contributed by atoms with Gasteiger partial charge in [-0.2, -0.15) is 23.1 Å². The van der Waals surface area contributed by atoms with Crippen molar-refractivity contribution < 1.29 is 22.8 Å². The van der Waals surface area contributed by atoms with E-state index in [2.05, 4.69) is 37.7 Å². The van der Waals surface area contributed by atoms with Crippen molar-refractivity contribution in [2.45, 2.75) is 26.6 Å². The molecule has 196 valence electrons. The fourth-order valence-electron chi connectivity index (χ4n) is 3.53. The molecule has 0 aliphatic heterocycles. The highest BCUT2D eigenvalue weighted by molar-refractivity contribution is 6.31. The van der Waals surface area contributed by atoms with E-state index < -0.39 is 23.8 Å². The predicted octanol–water partition coefficient (Wildman–Crippen LogP) is 4.40. The molecule has 2 N–H and O–H groups in total. The number of rotatable bonds is 7. The summed E-state index contributed by atoms with van der Waals surface area (Å²) in [5.41, 5.74) is 2.00. The molecular weight excluding hydrogens is 525 g/mol. The van der Waals surface area contributed by atoms with E-state index in [4.69, 9.17) is 11.6 Å². The van der Waals surface area contributed by atoms with E-state index in [-0.39, 0.29) is 29.2 Å². The van der Waals surface area contributed by atoms with Gasteiger partial charge in [-0.25, -0.2) is 4.68 Å². The standard InChI is InChI=1S/C24H20ClF3N8O2/c1-13(2)29-21(37)18-10-15(25)9-14(3)20(18)30-22(38)19-11-16(32-36(19)17-7-5-4-6-8-17)12-35-33-23(31-34-35)24(26,27)28/h4-11H,1,12H2,2-3H3,(H,29,37)(H,30,38). The molecule has 0 spiro atoms. The third kappa shape index (κ3) is 5.89. The molecular formula is C24H20ClF3N8O2. The Morgan fingerprint density at radius 1 is 1.08 bits per heavy atom. The number of nitrogens with zero attached hydrogens (tertiary/aromatic N) is 6. The van der Waals surface area contributed by atoms with Gasteiger partial charge in [-0.1, -0.05) is 36.4 Å².